The van der Waals surface area contributed by atoms with Crippen LogP contribution in [0.3, 0.4) is 0 Å². The summed E-state index contributed by atoms with van der Waals surface area (Å²) >= 11 is 0. The molecule has 0 spiro atoms. The van der Waals surface area contributed by atoms with Crippen molar-refractivity contribution in [2.45, 2.75) is 32.5 Å². The minimum atomic E-state index is -4.61. The predicted molar refractivity (Wildman–Crippen MR) is 93.0 cm³/mol. The van der Waals surface area contributed by atoms with Crippen molar-refractivity contribution in [1.82, 2.24) is 4.98 Å². The Labute approximate surface area is 153 Å². The molecular formula is C20H17F4NO2. The van der Waals surface area contributed by atoms with Crippen molar-refractivity contribution in [1.29, 1.82) is 0 Å². The highest BCUT2D eigenvalue weighted by Crippen LogP contribution is 2.33. The van der Waals surface area contributed by atoms with Crippen LogP contribution in [0.25, 0.3) is 11.0 Å². The molecule has 0 fully saturated rings. The van der Waals surface area contributed by atoms with Crippen LogP contribution < -0.4 is 4.74 Å². The molecule has 0 N–H and O–H groups in total. The Bertz CT molecular complexity index is 976. The van der Waals surface area contributed by atoms with E-state index in [1.807, 2.05) is 6.92 Å². The molecule has 0 unspecified atom stereocenters. The molecule has 0 atom stereocenters. The maximum atomic E-state index is 13.8. The van der Waals surface area contributed by atoms with E-state index >= 15 is 0 Å². The third-order valence-corrected chi connectivity index (χ3v) is 4.02. The molecule has 2 heterocycles. The normalized spacial score (nSPS) is 11.7. The van der Waals surface area contributed by atoms with Gasteiger partial charge < -0.3 is 9.15 Å². The number of rotatable bonds is 6. The standard InChI is InChI=1S/C20H17F4NO2/c1-3-5-12-6-7-17(25-19(12)20(22,23)24)26-11-14-9-15(21)8-13-10-16(4-2)27-18(13)14/h3,6-10H,1,4-5,11H2,2H3. The summed E-state index contributed by atoms with van der Waals surface area (Å²) in [5.41, 5.74) is -0.157. The van der Waals surface area contributed by atoms with Gasteiger partial charge >= 0.3 is 6.18 Å². The maximum absolute atomic E-state index is 13.8. The molecule has 0 saturated carbocycles. The zero-order valence-corrected chi connectivity index (χ0v) is 14.6. The van der Waals surface area contributed by atoms with E-state index in [0.29, 0.717) is 28.7 Å². The minimum absolute atomic E-state index is 0.0108. The summed E-state index contributed by atoms with van der Waals surface area (Å²) in [7, 11) is 0. The Morgan fingerprint density at radius 2 is 1.96 bits per heavy atom. The number of ether oxygens (including phenoxy) is 1. The van der Waals surface area contributed by atoms with Gasteiger partial charge in [0.1, 0.15) is 23.8 Å². The van der Waals surface area contributed by atoms with Crippen molar-refractivity contribution < 1.29 is 26.7 Å². The van der Waals surface area contributed by atoms with Crippen molar-refractivity contribution in [2.24, 2.45) is 0 Å². The van der Waals surface area contributed by atoms with Crippen molar-refractivity contribution in [3.8, 4) is 5.88 Å². The highest BCUT2D eigenvalue weighted by atomic mass is 19.4. The predicted octanol–water partition coefficient (Wildman–Crippen LogP) is 5.86. The number of allylic oxidation sites excluding steroid dienone is 1. The Hall–Kier alpha value is -2.83. The van der Waals surface area contributed by atoms with Crippen LogP contribution in [0.5, 0.6) is 5.88 Å². The van der Waals surface area contributed by atoms with Gasteiger partial charge in [-0.15, -0.1) is 6.58 Å². The number of hydrogen-bond acceptors (Lipinski definition) is 3. The maximum Gasteiger partial charge on any atom is 0.433 e. The number of furan rings is 1. The molecule has 0 radical (unpaired) electrons. The Balaban J connectivity index is 1.90. The fourth-order valence-electron chi connectivity index (χ4n) is 2.79. The summed E-state index contributed by atoms with van der Waals surface area (Å²) in [5.74, 6) is 0.00718. The molecule has 0 amide bonds. The van der Waals surface area contributed by atoms with Gasteiger partial charge in [-0.05, 0) is 30.2 Å². The van der Waals surface area contributed by atoms with Crippen LogP contribution in [-0.2, 0) is 25.6 Å². The molecule has 142 valence electrons. The molecule has 1 aromatic carbocycles. The second-order valence-electron chi connectivity index (χ2n) is 5.99. The SMILES string of the molecule is C=CCc1ccc(OCc2cc(F)cc3cc(CC)oc23)nc1C(F)(F)F. The van der Waals surface area contributed by atoms with E-state index in [-0.39, 0.29) is 24.5 Å². The van der Waals surface area contributed by atoms with Gasteiger partial charge in [0.05, 0.1) is 0 Å². The zero-order valence-electron chi connectivity index (χ0n) is 14.6. The highest BCUT2D eigenvalue weighted by Gasteiger charge is 2.35. The number of nitrogens with zero attached hydrogens (tertiary/aromatic N) is 1. The van der Waals surface area contributed by atoms with Crippen LogP contribution in [0.1, 0.15) is 29.5 Å². The third kappa shape index (κ3) is 4.13. The molecule has 3 rings (SSSR count). The van der Waals surface area contributed by atoms with Gasteiger partial charge in [0, 0.05) is 23.4 Å². The topological polar surface area (TPSA) is 35.3 Å². The quantitative estimate of drug-likeness (QED) is 0.398. The second-order valence-corrected chi connectivity index (χ2v) is 5.99. The molecule has 3 aromatic rings. The molecule has 7 heteroatoms. The van der Waals surface area contributed by atoms with Gasteiger partial charge in [-0.3, -0.25) is 0 Å². The number of benzene rings is 1. The number of halogens is 4. The lowest BCUT2D eigenvalue weighted by atomic mass is 10.1. The number of alkyl halides is 3. The average Bonchev–Trinajstić information content (AvgIpc) is 3.03. The van der Waals surface area contributed by atoms with E-state index in [0.717, 1.165) is 0 Å². The summed E-state index contributed by atoms with van der Waals surface area (Å²) in [6.07, 6.45) is -2.56. The molecule has 2 aromatic heterocycles. The van der Waals surface area contributed by atoms with Crippen LogP contribution in [-0.4, -0.2) is 4.98 Å². The van der Waals surface area contributed by atoms with E-state index in [9.17, 15) is 17.6 Å². The van der Waals surface area contributed by atoms with Crippen molar-refractivity contribution in [3.05, 3.63) is 71.4 Å². The van der Waals surface area contributed by atoms with Crippen LogP contribution in [0.2, 0.25) is 0 Å². The summed E-state index contributed by atoms with van der Waals surface area (Å²) in [6, 6.07) is 6.96. The zero-order chi connectivity index (χ0) is 19.6. The van der Waals surface area contributed by atoms with E-state index in [1.165, 1.54) is 30.3 Å². The van der Waals surface area contributed by atoms with Crippen molar-refractivity contribution >= 4 is 11.0 Å². The minimum Gasteiger partial charge on any atom is -0.473 e. The summed E-state index contributed by atoms with van der Waals surface area (Å²) in [5, 5.41) is 0.579. The summed E-state index contributed by atoms with van der Waals surface area (Å²) in [4.78, 5) is 3.58. The molecule has 0 bridgehead atoms. The first-order chi connectivity index (χ1) is 12.8. The lowest BCUT2D eigenvalue weighted by molar-refractivity contribution is -0.142. The molecule has 0 saturated heterocycles. The Morgan fingerprint density at radius 3 is 2.63 bits per heavy atom. The number of aromatic nitrogens is 1. The lowest BCUT2D eigenvalue weighted by Crippen LogP contribution is -2.13. The number of hydrogen-bond donors (Lipinski definition) is 0. The van der Waals surface area contributed by atoms with Gasteiger partial charge in [0.25, 0.3) is 0 Å². The second kappa shape index (κ2) is 7.42. The highest BCUT2D eigenvalue weighted by molar-refractivity contribution is 5.81. The molecular weight excluding hydrogens is 362 g/mol. The van der Waals surface area contributed by atoms with Gasteiger partial charge in [0.15, 0.2) is 5.69 Å². The first kappa shape index (κ1) is 18.9. The fraction of sp³-hybridized carbons (Fsp3) is 0.250. The van der Waals surface area contributed by atoms with E-state index in [2.05, 4.69) is 11.6 Å². The van der Waals surface area contributed by atoms with Gasteiger partial charge in [-0.1, -0.05) is 19.1 Å². The van der Waals surface area contributed by atoms with Crippen molar-refractivity contribution in [3.63, 3.8) is 0 Å². The third-order valence-electron chi connectivity index (χ3n) is 4.02. The van der Waals surface area contributed by atoms with Crippen molar-refractivity contribution in [2.75, 3.05) is 0 Å². The summed E-state index contributed by atoms with van der Waals surface area (Å²) in [6.45, 7) is 5.18. The molecule has 0 aliphatic rings. The van der Waals surface area contributed by atoms with E-state index in [1.54, 1.807) is 6.07 Å². The number of fused-ring (bicyclic) bond motifs is 1. The lowest BCUT2D eigenvalue weighted by Gasteiger charge is -2.13. The number of aryl methyl sites for hydroxylation is 1. The first-order valence-electron chi connectivity index (χ1n) is 8.33. The fourth-order valence-corrected chi connectivity index (χ4v) is 2.79. The summed E-state index contributed by atoms with van der Waals surface area (Å²) < 4.78 is 64.5. The molecule has 27 heavy (non-hydrogen) atoms. The molecule has 0 aliphatic heterocycles. The molecule has 3 nitrogen and oxygen atoms in total. The first-order valence-corrected chi connectivity index (χ1v) is 8.33. The Morgan fingerprint density at radius 1 is 1.19 bits per heavy atom. The van der Waals surface area contributed by atoms with E-state index < -0.39 is 17.7 Å². The van der Waals surface area contributed by atoms with Crippen LogP contribution >= 0.6 is 0 Å². The largest absolute Gasteiger partial charge is 0.473 e. The Kier molecular flexibility index (Phi) is 5.21. The monoisotopic (exact) mass is 379 g/mol. The number of pyridine rings is 1. The van der Waals surface area contributed by atoms with Gasteiger partial charge in [-0.2, -0.15) is 13.2 Å². The van der Waals surface area contributed by atoms with Gasteiger partial charge in [0.2, 0.25) is 5.88 Å². The van der Waals surface area contributed by atoms with Crippen LogP contribution in [0.4, 0.5) is 17.6 Å². The van der Waals surface area contributed by atoms with E-state index in [4.69, 9.17) is 9.15 Å². The molecule has 0 aliphatic carbocycles. The van der Waals surface area contributed by atoms with Gasteiger partial charge in [-0.25, -0.2) is 9.37 Å². The van der Waals surface area contributed by atoms with Crippen LogP contribution in [0.15, 0.2) is 47.4 Å². The smallest absolute Gasteiger partial charge is 0.433 e. The van der Waals surface area contributed by atoms with Crippen LogP contribution in [0, 0.1) is 5.82 Å². The average molecular weight is 379 g/mol.